The molecule has 0 bridgehead atoms. The lowest BCUT2D eigenvalue weighted by atomic mass is 9.79. The minimum atomic E-state index is -2.64. The number of aromatic nitrogens is 2. The van der Waals surface area contributed by atoms with E-state index in [1.165, 1.54) is 75.0 Å². The van der Waals surface area contributed by atoms with Crippen LogP contribution >= 0.6 is 0 Å². The normalized spacial score (nSPS) is 16.3. The summed E-state index contributed by atoms with van der Waals surface area (Å²) in [6.45, 7) is 3.21. The second-order valence-corrected chi connectivity index (χ2v) is 10.2. The van der Waals surface area contributed by atoms with Crippen molar-refractivity contribution >= 4 is 0 Å². The Balaban J connectivity index is 0.000000248. The lowest BCUT2D eigenvalue weighted by Gasteiger charge is -2.40. The van der Waals surface area contributed by atoms with Crippen molar-refractivity contribution in [3.05, 3.63) is 126 Å². The van der Waals surface area contributed by atoms with Crippen LogP contribution in [0.1, 0.15) is 54.5 Å². The molecule has 0 unspecified atom stereocenters. The van der Waals surface area contributed by atoms with E-state index in [4.69, 9.17) is 4.74 Å². The molecule has 3 heterocycles. The minimum absolute atomic E-state index is 0.123. The highest BCUT2D eigenvalue weighted by Gasteiger charge is 2.47. The smallest absolute Gasteiger partial charge is 0.285 e. The number of benzene rings is 3. The van der Waals surface area contributed by atoms with Crippen LogP contribution < -0.4 is 4.74 Å². The zero-order chi connectivity index (χ0) is 27.8. The molecule has 3 aromatic carbocycles. The van der Waals surface area contributed by atoms with Gasteiger partial charge in [-0.1, -0.05) is 91.0 Å². The first-order chi connectivity index (χ1) is 19.6. The molecular formula is C33H35F2N3O2. The third-order valence-electron chi connectivity index (χ3n) is 8.00. The van der Waals surface area contributed by atoms with Crippen molar-refractivity contribution in [2.45, 2.75) is 43.2 Å². The Morgan fingerprint density at radius 2 is 1.25 bits per heavy atom. The Morgan fingerprint density at radius 3 is 1.68 bits per heavy atom. The van der Waals surface area contributed by atoms with Crippen LogP contribution in [0.4, 0.5) is 8.78 Å². The zero-order valence-corrected chi connectivity index (χ0v) is 22.8. The predicted octanol–water partition coefficient (Wildman–Crippen LogP) is 7.05. The SMILES string of the molecule is COc1nccnc1C(F)F.c1ccc(C(OCC23CCCN2CCC3)(c2ccccc2)c2ccccc2)cc1. The predicted molar refractivity (Wildman–Crippen MR) is 151 cm³/mol. The topological polar surface area (TPSA) is 47.5 Å². The number of halogens is 2. The Morgan fingerprint density at radius 1 is 0.775 bits per heavy atom. The molecule has 2 fully saturated rings. The molecular weight excluding hydrogens is 508 g/mol. The monoisotopic (exact) mass is 543 g/mol. The van der Waals surface area contributed by atoms with Crippen molar-refractivity contribution in [2.75, 3.05) is 26.8 Å². The number of ether oxygens (including phenoxy) is 2. The van der Waals surface area contributed by atoms with E-state index < -0.39 is 17.7 Å². The molecule has 5 nitrogen and oxygen atoms in total. The fraction of sp³-hybridized carbons (Fsp3) is 0.333. The van der Waals surface area contributed by atoms with Gasteiger partial charge in [0.05, 0.1) is 13.7 Å². The molecule has 1 aromatic heterocycles. The molecule has 2 saturated heterocycles. The van der Waals surface area contributed by atoms with Crippen LogP contribution in [0.25, 0.3) is 0 Å². The summed E-state index contributed by atoms with van der Waals surface area (Å²) in [6.07, 6.45) is 4.94. The van der Waals surface area contributed by atoms with E-state index in [1.807, 2.05) is 0 Å². The number of alkyl halides is 2. The molecule has 0 N–H and O–H groups in total. The summed E-state index contributed by atoms with van der Waals surface area (Å²) in [5, 5.41) is 0. The van der Waals surface area contributed by atoms with E-state index in [0.717, 1.165) is 6.61 Å². The summed E-state index contributed by atoms with van der Waals surface area (Å²) in [4.78, 5) is 9.64. The van der Waals surface area contributed by atoms with Gasteiger partial charge in [0, 0.05) is 17.9 Å². The summed E-state index contributed by atoms with van der Waals surface area (Å²) >= 11 is 0. The summed E-state index contributed by atoms with van der Waals surface area (Å²) < 4.78 is 35.8. The van der Waals surface area contributed by atoms with Crippen LogP contribution in [0.3, 0.4) is 0 Å². The highest BCUT2D eigenvalue weighted by molar-refractivity contribution is 5.47. The van der Waals surface area contributed by atoms with Gasteiger partial charge < -0.3 is 9.47 Å². The Bertz CT molecular complexity index is 1230. The van der Waals surface area contributed by atoms with Gasteiger partial charge in [0.2, 0.25) is 5.88 Å². The van der Waals surface area contributed by atoms with Gasteiger partial charge in [-0.15, -0.1) is 0 Å². The molecule has 2 aliphatic heterocycles. The maximum atomic E-state index is 12.0. The summed E-state index contributed by atoms with van der Waals surface area (Å²) in [5.41, 5.74) is 2.76. The molecule has 0 saturated carbocycles. The molecule has 0 spiro atoms. The van der Waals surface area contributed by atoms with Crippen LogP contribution in [0.2, 0.25) is 0 Å². The molecule has 0 amide bonds. The van der Waals surface area contributed by atoms with Crippen molar-refractivity contribution < 1.29 is 18.3 Å². The average molecular weight is 544 g/mol. The first kappa shape index (κ1) is 27.9. The van der Waals surface area contributed by atoms with Crippen molar-refractivity contribution in [3.63, 3.8) is 0 Å². The first-order valence-corrected chi connectivity index (χ1v) is 13.8. The van der Waals surface area contributed by atoms with Crippen molar-refractivity contribution in [3.8, 4) is 5.88 Å². The first-order valence-electron chi connectivity index (χ1n) is 13.8. The van der Waals surface area contributed by atoms with Crippen LogP contribution in [-0.4, -0.2) is 47.2 Å². The minimum Gasteiger partial charge on any atom is -0.480 e. The maximum Gasteiger partial charge on any atom is 0.285 e. The molecule has 208 valence electrons. The van der Waals surface area contributed by atoms with Gasteiger partial charge in [-0.25, -0.2) is 18.7 Å². The second-order valence-electron chi connectivity index (χ2n) is 10.2. The lowest BCUT2D eigenvalue weighted by molar-refractivity contribution is -0.0416. The highest BCUT2D eigenvalue weighted by Crippen LogP contribution is 2.45. The summed E-state index contributed by atoms with van der Waals surface area (Å²) in [5.74, 6) is -0.123. The fourth-order valence-corrected chi connectivity index (χ4v) is 6.12. The number of rotatable bonds is 8. The van der Waals surface area contributed by atoms with Gasteiger partial charge in [0.1, 0.15) is 5.60 Å². The molecule has 0 radical (unpaired) electrons. The van der Waals surface area contributed by atoms with Crippen LogP contribution in [-0.2, 0) is 10.3 Å². The maximum absolute atomic E-state index is 12.0. The number of nitrogens with zero attached hydrogens (tertiary/aromatic N) is 3. The lowest BCUT2D eigenvalue weighted by Crippen LogP contribution is -2.46. The van der Waals surface area contributed by atoms with Gasteiger partial charge >= 0.3 is 0 Å². The fourth-order valence-electron chi connectivity index (χ4n) is 6.12. The van der Waals surface area contributed by atoms with Gasteiger partial charge in [0.15, 0.2) is 5.69 Å². The van der Waals surface area contributed by atoms with Crippen LogP contribution in [0, 0.1) is 0 Å². The number of fused-ring (bicyclic) bond motifs is 1. The van der Waals surface area contributed by atoms with Gasteiger partial charge in [0.25, 0.3) is 6.43 Å². The van der Waals surface area contributed by atoms with E-state index in [9.17, 15) is 8.78 Å². The van der Waals surface area contributed by atoms with E-state index in [-0.39, 0.29) is 11.4 Å². The van der Waals surface area contributed by atoms with Gasteiger partial charge in [-0.3, -0.25) is 4.90 Å². The number of methoxy groups -OCH3 is 1. The van der Waals surface area contributed by atoms with E-state index in [2.05, 4.69) is 111 Å². The second kappa shape index (κ2) is 12.7. The molecule has 40 heavy (non-hydrogen) atoms. The van der Waals surface area contributed by atoms with Gasteiger partial charge in [-0.2, -0.15) is 0 Å². The average Bonchev–Trinajstić information content (AvgIpc) is 3.60. The number of hydrogen-bond donors (Lipinski definition) is 0. The van der Waals surface area contributed by atoms with E-state index >= 15 is 0 Å². The largest absolute Gasteiger partial charge is 0.480 e. The summed E-state index contributed by atoms with van der Waals surface area (Å²) in [6, 6.07) is 32.2. The molecule has 4 aromatic rings. The van der Waals surface area contributed by atoms with Crippen molar-refractivity contribution in [1.29, 1.82) is 0 Å². The van der Waals surface area contributed by atoms with Crippen molar-refractivity contribution in [2.24, 2.45) is 0 Å². The zero-order valence-electron chi connectivity index (χ0n) is 22.8. The van der Waals surface area contributed by atoms with Crippen LogP contribution in [0.15, 0.2) is 103 Å². The van der Waals surface area contributed by atoms with E-state index in [1.54, 1.807) is 0 Å². The Hall–Kier alpha value is -3.68. The third-order valence-corrected chi connectivity index (χ3v) is 8.00. The van der Waals surface area contributed by atoms with E-state index in [0.29, 0.717) is 0 Å². The van der Waals surface area contributed by atoms with Crippen LogP contribution in [0.5, 0.6) is 5.88 Å². The standard InChI is InChI=1S/C27H29NO.C6H6F2N2O/c1-4-12-23(13-5-1)27(24-14-6-2-7-15-24,25-16-8-3-9-17-25)29-22-26-18-10-20-28(26)21-11-19-26;1-11-6-4(5(7)8)9-2-3-10-6/h1-9,12-17H,10-11,18-22H2;2-3,5H,1H3. The quantitative estimate of drug-likeness (QED) is 0.223. The molecule has 7 heteroatoms. The summed E-state index contributed by atoms with van der Waals surface area (Å²) in [7, 11) is 1.27. The number of hydrogen-bond acceptors (Lipinski definition) is 5. The van der Waals surface area contributed by atoms with Gasteiger partial charge in [-0.05, 0) is 55.5 Å². The molecule has 0 atom stereocenters. The van der Waals surface area contributed by atoms with Crippen molar-refractivity contribution in [1.82, 2.24) is 14.9 Å². The highest BCUT2D eigenvalue weighted by atomic mass is 19.3. The molecule has 6 rings (SSSR count). The molecule has 0 aliphatic carbocycles. The third kappa shape index (κ3) is 5.62. The molecule has 2 aliphatic rings. The Kier molecular flexibility index (Phi) is 8.82. The Labute approximate surface area is 234 Å².